The van der Waals surface area contributed by atoms with Crippen molar-refractivity contribution in [1.82, 2.24) is 10.2 Å². The zero-order valence-corrected chi connectivity index (χ0v) is 19.7. The van der Waals surface area contributed by atoms with Gasteiger partial charge >= 0.3 is 0 Å². The lowest BCUT2D eigenvalue weighted by atomic mass is 9.78. The Kier molecular flexibility index (Phi) is 9.96. The highest BCUT2D eigenvalue weighted by Crippen LogP contribution is 2.34. The first-order chi connectivity index (χ1) is 15.2. The van der Waals surface area contributed by atoms with Crippen LogP contribution in [0.5, 0.6) is 0 Å². The van der Waals surface area contributed by atoms with Crippen molar-refractivity contribution < 1.29 is 4.39 Å². The van der Waals surface area contributed by atoms with Crippen molar-refractivity contribution >= 4 is 0 Å². The molecule has 31 heavy (non-hydrogen) atoms. The first-order valence-corrected chi connectivity index (χ1v) is 12.8. The van der Waals surface area contributed by atoms with E-state index in [1.54, 1.807) is 6.07 Å². The van der Waals surface area contributed by atoms with Crippen LogP contribution in [0.2, 0.25) is 0 Å². The molecule has 0 saturated heterocycles. The van der Waals surface area contributed by atoms with Gasteiger partial charge < -0.3 is 0 Å². The SMILES string of the molecule is CCCCCCc1ccc(-c2ccc(CCC3CCC(CCCC)CC3)cc2F)nn1. The highest BCUT2D eigenvalue weighted by atomic mass is 19.1. The van der Waals surface area contributed by atoms with Crippen molar-refractivity contribution in [3.63, 3.8) is 0 Å². The summed E-state index contributed by atoms with van der Waals surface area (Å²) in [6.07, 6.45) is 17.6. The molecular weight excluding hydrogens is 383 g/mol. The van der Waals surface area contributed by atoms with Crippen molar-refractivity contribution in [2.75, 3.05) is 0 Å². The topological polar surface area (TPSA) is 25.8 Å². The predicted octanol–water partition coefficient (Wildman–Crippen LogP) is 8.33. The van der Waals surface area contributed by atoms with Crippen LogP contribution in [0.4, 0.5) is 4.39 Å². The number of unbranched alkanes of at least 4 members (excludes halogenated alkanes) is 4. The number of aromatic nitrogens is 2. The van der Waals surface area contributed by atoms with Crippen LogP contribution in [-0.2, 0) is 12.8 Å². The van der Waals surface area contributed by atoms with Gasteiger partial charge in [0.25, 0.3) is 0 Å². The smallest absolute Gasteiger partial charge is 0.132 e. The summed E-state index contributed by atoms with van der Waals surface area (Å²) in [4.78, 5) is 0. The molecule has 0 atom stereocenters. The zero-order valence-electron chi connectivity index (χ0n) is 19.7. The lowest BCUT2D eigenvalue weighted by Crippen LogP contribution is -2.15. The van der Waals surface area contributed by atoms with Gasteiger partial charge in [0.1, 0.15) is 5.82 Å². The van der Waals surface area contributed by atoms with Gasteiger partial charge in [-0.1, -0.05) is 84.1 Å². The minimum absolute atomic E-state index is 0.175. The molecule has 1 aliphatic rings. The minimum atomic E-state index is -0.175. The lowest BCUT2D eigenvalue weighted by Gasteiger charge is -2.28. The summed E-state index contributed by atoms with van der Waals surface area (Å²) in [5.74, 6) is 1.60. The number of hydrogen-bond donors (Lipinski definition) is 0. The van der Waals surface area contributed by atoms with E-state index >= 15 is 0 Å². The molecule has 1 fully saturated rings. The number of nitrogens with zero attached hydrogens (tertiary/aromatic N) is 2. The minimum Gasteiger partial charge on any atom is -0.206 e. The largest absolute Gasteiger partial charge is 0.206 e. The Morgan fingerprint density at radius 3 is 2.16 bits per heavy atom. The molecule has 2 aromatic rings. The van der Waals surface area contributed by atoms with Crippen molar-refractivity contribution in [2.45, 2.75) is 104 Å². The summed E-state index contributed by atoms with van der Waals surface area (Å²) in [5.41, 5.74) is 3.30. The van der Waals surface area contributed by atoms with Crippen molar-refractivity contribution in [3.05, 3.63) is 47.4 Å². The third-order valence-electron chi connectivity index (χ3n) is 7.09. The molecule has 0 bridgehead atoms. The molecule has 0 N–H and O–H groups in total. The molecule has 0 amide bonds. The van der Waals surface area contributed by atoms with E-state index in [1.807, 2.05) is 18.2 Å². The molecule has 1 aliphatic carbocycles. The van der Waals surface area contributed by atoms with Crippen LogP contribution in [0.1, 0.15) is 102 Å². The number of halogens is 1. The average Bonchev–Trinajstić information content (AvgIpc) is 2.80. The Morgan fingerprint density at radius 1 is 0.774 bits per heavy atom. The summed E-state index contributed by atoms with van der Waals surface area (Å²) in [7, 11) is 0. The van der Waals surface area contributed by atoms with Gasteiger partial charge in [0.05, 0.1) is 11.4 Å². The van der Waals surface area contributed by atoms with Gasteiger partial charge in [-0.05, 0) is 67.3 Å². The molecule has 2 nitrogen and oxygen atoms in total. The molecule has 1 aromatic carbocycles. The maximum Gasteiger partial charge on any atom is 0.132 e. The van der Waals surface area contributed by atoms with E-state index in [1.165, 1.54) is 70.6 Å². The third-order valence-corrected chi connectivity index (χ3v) is 7.09. The maximum atomic E-state index is 14.8. The van der Waals surface area contributed by atoms with E-state index in [9.17, 15) is 4.39 Å². The average molecular weight is 425 g/mol. The Labute approximate surface area is 189 Å². The van der Waals surface area contributed by atoms with Gasteiger partial charge in [-0.25, -0.2) is 4.39 Å². The van der Waals surface area contributed by atoms with Crippen molar-refractivity contribution in [2.24, 2.45) is 11.8 Å². The van der Waals surface area contributed by atoms with E-state index in [0.717, 1.165) is 42.4 Å². The van der Waals surface area contributed by atoms with E-state index < -0.39 is 0 Å². The number of rotatable bonds is 12. The Balaban J connectivity index is 1.47. The maximum absolute atomic E-state index is 14.8. The Hall–Kier alpha value is -1.77. The van der Waals surface area contributed by atoms with Crippen LogP contribution in [0.3, 0.4) is 0 Å². The second-order valence-corrected chi connectivity index (χ2v) is 9.60. The van der Waals surface area contributed by atoms with E-state index in [4.69, 9.17) is 0 Å². The van der Waals surface area contributed by atoms with Crippen molar-refractivity contribution in [3.8, 4) is 11.3 Å². The van der Waals surface area contributed by atoms with E-state index in [2.05, 4.69) is 30.1 Å². The molecule has 3 rings (SSSR count). The third kappa shape index (κ3) is 7.70. The summed E-state index contributed by atoms with van der Waals surface area (Å²) < 4.78 is 14.8. The van der Waals surface area contributed by atoms with Gasteiger partial charge in [-0.15, -0.1) is 0 Å². The van der Waals surface area contributed by atoms with Gasteiger partial charge in [0.2, 0.25) is 0 Å². The van der Waals surface area contributed by atoms with Crippen LogP contribution in [-0.4, -0.2) is 10.2 Å². The molecule has 0 unspecified atom stereocenters. The molecule has 1 aromatic heterocycles. The molecular formula is C28H41FN2. The second-order valence-electron chi connectivity index (χ2n) is 9.60. The number of benzene rings is 1. The fourth-order valence-corrected chi connectivity index (χ4v) is 4.96. The van der Waals surface area contributed by atoms with Crippen LogP contribution in [0, 0.1) is 17.7 Å². The molecule has 0 radical (unpaired) electrons. The molecule has 1 heterocycles. The van der Waals surface area contributed by atoms with Crippen LogP contribution < -0.4 is 0 Å². The van der Waals surface area contributed by atoms with Crippen LogP contribution >= 0.6 is 0 Å². The lowest BCUT2D eigenvalue weighted by molar-refractivity contribution is 0.250. The standard InChI is InChI=1S/C28H41FN2/c1-3-5-7-8-10-25-18-20-28(31-30-25)26-19-17-24(21-27(26)29)16-15-23-13-11-22(12-14-23)9-6-4-2/h17-23H,3-16H2,1-2H3. The van der Waals surface area contributed by atoms with Gasteiger partial charge in [0, 0.05) is 5.56 Å². The van der Waals surface area contributed by atoms with Gasteiger partial charge in [-0.2, -0.15) is 10.2 Å². The fourth-order valence-electron chi connectivity index (χ4n) is 4.96. The molecule has 0 spiro atoms. The Morgan fingerprint density at radius 2 is 1.52 bits per heavy atom. The van der Waals surface area contributed by atoms with Crippen LogP contribution in [0.25, 0.3) is 11.3 Å². The van der Waals surface area contributed by atoms with E-state index in [-0.39, 0.29) is 5.82 Å². The molecule has 170 valence electrons. The van der Waals surface area contributed by atoms with Gasteiger partial charge in [0.15, 0.2) is 0 Å². The zero-order chi connectivity index (χ0) is 21.9. The highest BCUT2D eigenvalue weighted by Gasteiger charge is 2.20. The Bertz CT molecular complexity index is 763. The normalized spacial score (nSPS) is 18.9. The first kappa shape index (κ1) is 23.9. The number of hydrogen-bond acceptors (Lipinski definition) is 2. The molecule has 3 heteroatoms. The second kappa shape index (κ2) is 12.9. The summed E-state index contributed by atoms with van der Waals surface area (Å²) in [6.45, 7) is 4.50. The predicted molar refractivity (Wildman–Crippen MR) is 129 cm³/mol. The van der Waals surface area contributed by atoms with Gasteiger partial charge in [-0.3, -0.25) is 0 Å². The monoisotopic (exact) mass is 424 g/mol. The summed E-state index contributed by atoms with van der Waals surface area (Å²) in [5, 5.41) is 8.62. The quantitative estimate of drug-likeness (QED) is 0.320. The number of aryl methyl sites for hydroxylation is 2. The molecule has 0 aliphatic heterocycles. The van der Waals surface area contributed by atoms with Crippen LogP contribution in [0.15, 0.2) is 30.3 Å². The van der Waals surface area contributed by atoms with E-state index in [0.29, 0.717) is 11.3 Å². The van der Waals surface area contributed by atoms with Crippen molar-refractivity contribution in [1.29, 1.82) is 0 Å². The highest BCUT2D eigenvalue weighted by molar-refractivity contribution is 5.59. The fraction of sp³-hybridized carbons (Fsp3) is 0.643. The first-order valence-electron chi connectivity index (χ1n) is 12.8. The molecule has 1 saturated carbocycles. The summed E-state index contributed by atoms with van der Waals surface area (Å²) >= 11 is 0. The summed E-state index contributed by atoms with van der Waals surface area (Å²) in [6, 6.07) is 9.58.